The lowest BCUT2D eigenvalue weighted by atomic mass is 10.2. The number of thiazole rings is 1. The molecule has 1 aliphatic rings. The molecule has 0 unspecified atom stereocenters. The fourth-order valence-electron chi connectivity index (χ4n) is 1.76. The molecule has 0 spiro atoms. The first kappa shape index (κ1) is 16.1. The van der Waals surface area contributed by atoms with Crippen LogP contribution in [-0.4, -0.2) is 45.2 Å². The van der Waals surface area contributed by atoms with Gasteiger partial charge in [0.05, 0.1) is 11.6 Å². The Kier molecular flexibility index (Phi) is 4.77. The van der Waals surface area contributed by atoms with E-state index in [1.54, 1.807) is 0 Å². The Balaban J connectivity index is 2.00. The van der Waals surface area contributed by atoms with E-state index in [0.717, 1.165) is 5.69 Å². The first-order chi connectivity index (χ1) is 9.76. The van der Waals surface area contributed by atoms with Crippen LogP contribution in [0.25, 0.3) is 0 Å². The van der Waals surface area contributed by atoms with E-state index in [2.05, 4.69) is 10.3 Å². The van der Waals surface area contributed by atoms with Crippen LogP contribution in [-0.2, 0) is 9.53 Å². The Hall–Kier alpha value is -1.28. The molecule has 2 rings (SSSR count). The fourth-order valence-corrected chi connectivity index (χ4v) is 3.59. The van der Waals surface area contributed by atoms with E-state index >= 15 is 0 Å². The van der Waals surface area contributed by atoms with Gasteiger partial charge in [0.2, 0.25) is 5.91 Å². The van der Waals surface area contributed by atoms with Gasteiger partial charge in [-0.15, -0.1) is 23.1 Å². The topological polar surface area (TPSA) is 71.5 Å². The predicted octanol–water partition coefficient (Wildman–Crippen LogP) is 2.70. The lowest BCUT2D eigenvalue weighted by molar-refractivity contribution is -0.120. The number of hydrogen-bond acceptors (Lipinski definition) is 6. The van der Waals surface area contributed by atoms with Crippen LogP contribution in [0.4, 0.5) is 9.93 Å². The highest BCUT2D eigenvalue weighted by atomic mass is 32.2. The Morgan fingerprint density at radius 2 is 2.19 bits per heavy atom. The molecule has 0 saturated carbocycles. The van der Waals surface area contributed by atoms with Gasteiger partial charge in [0, 0.05) is 11.1 Å². The zero-order valence-electron chi connectivity index (χ0n) is 12.5. The van der Waals surface area contributed by atoms with Crippen LogP contribution in [0.3, 0.4) is 0 Å². The van der Waals surface area contributed by atoms with Crippen LogP contribution in [0.2, 0.25) is 0 Å². The molecule has 0 radical (unpaired) electrons. The zero-order valence-corrected chi connectivity index (χ0v) is 14.1. The van der Waals surface area contributed by atoms with Crippen molar-refractivity contribution in [2.75, 3.05) is 16.9 Å². The summed E-state index contributed by atoms with van der Waals surface area (Å²) in [6, 6.07) is -0.519. The van der Waals surface area contributed by atoms with Crippen LogP contribution in [0.1, 0.15) is 26.5 Å². The molecule has 1 aromatic rings. The number of aryl methyl sites for hydroxylation is 1. The molecule has 21 heavy (non-hydrogen) atoms. The van der Waals surface area contributed by atoms with E-state index in [0.29, 0.717) is 16.8 Å². The van der Waals surface area contributed by atoms with E-state index in [9.17, 15) is 9.59 Å². The standard InChI is InChI=1S/C13H19N3O3S2/c1-8-5-21-11(14-8)15-10(17)9-6-20-7-16(9)12(18)19-13(2,3)4/h5,9H,6-7H2,1-4H3,(H,14,15,17)/t9-/m1/s1. The van der Waals surface area contributed by atoms with Crippen molar-refractivity contribution in [3.63, 3.8) is 0 Å². The zero-order chi connectivity index (χ0) is 15.6. The molecule has 2 amide bonds. The number of rotatable bonds is 2. The number of carbonyl (C=O) groups is 2. The van der Waals surface area contributed by atoms with Gasteiger partial charge in [-0.05, 0) is 27.7 Å². The fraction of sp³-hybridized carbons (Fsp3) is 0.615. The SMILES string of the molecule is Cc1csc(NC(=O)[C@H]2CSCN2C(=O)OC(C)(C)C)n1. The summed E-state index contributed by atoms with van der Waals surface area (Å²) in [5, 5.41) is 5.18. The highest BCUT2D eigenvalue weighted by Crippen LogP contribution is 2.25. The molecule has 1 fully saturated rings. The summed E-state index contributed by atoms with van der Waals surface area (Å²) in [6.45, 7) is 7.29. The van der Waals surface area contributed by atoms with Gasteiger partial charge < -0.3 is 10.1 Å². The molecule has 6 nitrogen and oxygen atoms in total. The molecule has 1 aromatic heterocycles. The third-order valence-electron chi connectivity index (χ3n) is 2.66. The van der Waals surface area contributed by atoms with E-state index in [1.165, 1.54) is 28.0 Å². The highest BCUT2D eigenvalue weighted by molar-refractivity contribution is 7.99. The number of anilines is 1. The summed E-state index contributed by atoms with van der Waals surface area (Å²) in [6.07, 6.45) is -0.456. The molecule has 116 valence electrons. The summed E-state index contributed by atoms with van der Waals surface area (Å²) in [5.74, 6) is 0.805. The lowest BCUT2D eigenvalue weighted by Crippen LogP contribution is -2.46. The molecule has 8 heteroatoms. The number of thioether (sulfide) groups is 1. The molecule has 0 bridgehead atoms. The van der Waals surface area contributed by atoms with Crippen molar-refractivity contribution in [1.29, 1.82) is 0 Å². The molecule has 0 aliphatic carbocycles. The van der Waals surface area contributed by atoms with Gasteiger partial charge in [-0.25, -0.2) is 9.78 Å². The van der Waals surface area contributed by atoms with Crippen molar-refractivity contribution in [2.45, 2.75) is 39.3 Å². The van der Waals surface area contributed by atoms with Crippen molar-refractivity contribution in [2.24, 2.45) is 0 Å². The maximum absolute atomic E-state index is 12.3. The second-order valence-corrected chi connectivity index (χ2v) is 7.61. The second kappa shape index (κ2) is 6.23. The van der Waals surface area contributed by atoms with E-state index in [-0.39, 0.29) is 5.91 Å². The second-order valence-electron chi connectivity index (χ2n) is 5.75. The van der Waals surface area contributed by atoms with Gasteiger partial charge in [-0.1, -0.05) is 0 Å². The molecular formula is C13H19N3O3S2. The molecular weight excluding hydrogens is 310 g/mol. The van der Waals surface area contributed by atoms with Crippen molar-refractivity contribution < 1.29 is 14.3 Å². The summed E-state index contributed by atoms with van der Waals surface area (Å²) >= 11 is 2.91. The van der Waals surface area contributed by atoms with Crippen LogP contribution in [0, 0.1) is 6.92 Å². The average molecular weight is 329 g/mol. The smallest absolute Gasteiger partial charge is 0.411 e. The van der Waals surface area contributed by atoms with Crippen LogP contribution in [0.15, 0.2) is 5.38 Å². The minimum Gasteiger partial charge on any atom is -0.444 e. The molecule has 1 saturated heterocycles. The van der Waals surface area contributed by atoms with Crippen molar-refractivity contribution in [3.8, 4) is 0 Å². The summed E-state index contributed by atoms with van der Waals surface area (Å²) in [4.78, 5) is 30.1. The van der Waals surface area contributed by atoms with Gasteiger partial charge in [0.15, 0.2) is 5.13 Å². The van der Waals surface area contributed by atoms with Crippen molar-refractivity contribution in [1.82, 2.24) is 9.88 Å². The number of ether oxygens (including phenoxy) is 1. The van der Waals surface area contributed by atoms with Crippen LogP contribution >= 0.6 is 23.1 Å². The Morgan fingerprint density at radius 3 is 2.76 bits per heavy atom. The normalized spacial score (nSPS) is 18.7. The van der Waals surface area contributed by atoms with E-state index < -0.39 is 17.7 Å². The summed E-state index contributed by atoms with van der Waals surface area (Å²) < 4.78 is 5.34. The van der Waals surface area contributed by atoms with E-state index in [4.69, 9.17) is 4.74 Å². The number of amides is 2. The molecule has 0 aromatic carbocycles. The van der Waals surface area contributed by atoms with Crippen molar-refractivity contribution in [3.05, 3.63) is 11.1 Å². The number of carbonyl (C=O) groups excluding carboxylic acids is 2. The summed E-state index contributed by atoms with van der Waals surface area (Å²) in [5.41, 5.74) is 0.290. The molecule has 1 atom stereocenters. The third-order valence-corrected chi connectivity index (χ3v) is 4.55. The van der Waals surface area contributed by atoms with E-state index in [1.807, 2.05) is 33.1 Å². The molecule has 1 aliphatic heterocycles. The lowest BCUT2D eigenvalue weighted by Gasteiger charge is -2.27. The number of nitrogens with zero attached hydrogens (tertiary/aromatic N) is 2. The minimum atomic E-state index is -0.572. The monoisotopic (exact) mass is 329 g/mol. The number of aromatic nitrogens is 1. The maximum atomic E-state index is 12.3. The largest absolute Gasteiger partial charge is 0.444 e. The highest BCUT2D eigenvalue weighted by Gasteiger charge is 2.37. The summed E-state index contributed by atoms with van der Waals surface area (Å²) in [7, 11) is 0. The van der Waals surface area contributed by atoms with Crippen molar-refractivity contribution >= 4 is 40.2 Å². The third kappa shape index (κ3) is 4.34. The van der Waals surface area contributed by atoms with Crippen LogP contribution in [0.5, 0.6) is 0 Å². The molecule has 2 heterocycles. The minimum absolute atomic E-state index is 0.222. The molecule has 1 N–H and O–H groups in total. The Bertz CT molecular complexity index is 539. The van der Waals surface area contributed by atoms with Gasteiger partial charge in [-0.3, -0.25) is 9.69 Å². The average Bonchev–Trinajstić information content (AvgIpc) is 2.95. The number of nitrogens with one attached hydrogen (secondary N) is 1. The van der Waals surface area contributed by atoms with Gasteiger partial charge in [0.1, 0.15) is 11.6 Å². The Morgan fingerprint density at radius 1 is 1.48 bits per heavy atom. The predicted molar refractivity (Wildman–Crippen MR) is 84.7 cm³/mol. The van der Waals surface area contributed by atoms with Gasteiger partial charge >= 0.3 is 6.09 Å². The van der Waals surface area contributed by atoms with Crippen LogP contribution < -0.4 is 5.32 Å². The van der Waals surface area contributed by atoms with Gasteiger partial charge in [-0.2, -0.15) is 0 Å². The first-order valence-electron chi connectivity index (χ1n) is 6.56. The Labute approximate surface area is 132 Å². The quantitative estimate of drug-likeness (QED) is 0.903. The first-order valence-corrected chi connectivity index (χ1v) is 8.60. The number of hydrogen-bond donors (Lipinski definition) is 1. The maximum Gasteiger partial charge on any atom is 0.411 e. The van der Waals surface area contributed by atoms with Gasteiger partial charge in [0.25, 0.3) is 0 Å².